The fraction of sp³-hybridized carbons (Fsp3) is 0. The molecule has 0 amide bonds. The van der Waals surface area contributed by atoms with Crippen molar-refractivity contribution >= 4 is 0 Å². The van der Waals surface area contributed by atoms with Crippen molar-refractivity contribution in [2.75, 3.05) is 0 Å². The molecule has 82 valence electrons. The van der Waals surface area contributed by atoms with E-state index in [-0.39, 0.29) is 11.1 Å². The van der Waals surface area contributed by atoms with Crippen molar-refractivity contribution in [3.63, 3.8) is 0 Å². The van der Waals surface area contributed by atoms with Crippen LogP contribution in [0.1, 0.15) is 0 Å². The van der Waals surface area contributed by atoms with Gasteiger partial charge in [0, 0.05) is 17.2 Å². The Labute approximate surface area is 89.2 Å². The smallest absolute Gasteiger partial charge is 0.134 e. The summed E-state index contributed by atoms with van der Waals surface area (Å²) >= 11 is 0. The third kappa shape index (κ3) is 1.91. The van der Waals surface area contributed by atoms with Gasteiger partial charge in [-0.05, 0) is 30.3 Å². The molecular formula is C12H6F4. The molecule has 0 unspecified atom stereocenters. The number of hydrogen-bond acceptors (Lipinski definition) is 0. The van der Waals surface area contributed by atoms with Crippen LogP contribution in [0.5, 0.6) is 0 Å². The lowest BCUT2D eigenvalue weighted by Crippen LogP contribution is -1.91. The van der Waals surface area contributed by atoms with Gasteiger partial charge in [-0.3, -0.25) is 0 Å². The van der Waals surface area contributed by atoms with Crippen LogP contribution in [0, 0.1) is 23.3 Å². The van der Waals surface area contributed by atoms with Gasteiger partial charge in [0.1, 0.15) is 23.3 Å². The average molecular weight is 226 g/mol. The Bertz CT molecular complexity index is 535. The Hall–Kier alpha value is -1.84. The number of hydrogen-bond donors (Lipinski definition) is 0. The van der Waals surface area contributed by atoms with Crippen LogP contribution >= 0.6 is 0 Å². The zero-order chi connectivity index (χ0) is 11.7. The Morgan fingerprint density at radius 3 is 1.88 bits per heavy atom. The quantitative estimate of drug-likeness (QED) is 0.646. The van der Waals surface area contributed by atoms with Gasteiger partial charge in [-0.25, -0.2) is 17.6 Å². The summed E-state index contributed by atoms with van der Waals surface area (Å²) < 4.78 is 52.1. The summed E-state index contributed by atoms with van der Waals surface area (Å²) in [7, 11) is 0. The highest BCUT2D eigenvalue weighted by molar-refractivity contribution is 5.64. The summed E-state index contributed by atoms with van der Waals surface area (Å²) in [6.45, 7) is 0. The maximum Gasteiger partial charge on any atom is 0.134 e. The molecule has 0 heterocycles. The van der Waals surface area contributed by atoms with Crippen molar-refractivity contribution in [1.82, 2.24) is 0 Å². The highest BCUT2D eigenvalue weighted by atomic mass is 19.1. The Morgan fingerprint density at radius 1 is 0.562 bits per heavy atom. The Kier molecular flexibility index (Phi) is 2.64. The molecule has 0 nitrogen and oxygen atoms in total. The minimum atomic E-state index is -0.926. The first-order valence-electron chi connectivity index (χ1n) is 4.48. The molecule has 0 aliphatic rings. The van der Waals surface area contributed by atoms with Gasteiger partial charge in [0.2, 0.25) is 0 Å². The molecule has 2 aromatic rings. The maximum atomic E-state index is 13.3. The van der Waals surface area contributed by atoms with Gasteiger partial charge in [-0.15, -0.1) is 0 Å². The number of benzene rings is 2. The first kappa shape index (κ1) is 10.7. The summed E-state index contributed by atoms with van der Waals surface area (Å²) in [5, 5.41) is 0. The van der Waals surface area contributed by atoms with Gasteiger partial charge in [0.05, 0.1) is 0 Å². The molecule has 16 heavy (non-hydrogen) atoms. The lowest BCUT2D eigenvalue weighted by atomic mass is 10.0. The second kappa shape index (κ2) is 3.96. The van der Waals surface area contributed by atoms with Crippen LogP contribution in [0.4, 0.5) is 17.6 Å². The molecule has 0 atom stereocenters. The SMILES string of the molecule is Fc1ccc(-c2cc(F)ccc2F)c(F)c1. The summed E-state index contributed by atoms with van der Waals surface area (Å²) in [5.41, 5.74) is -0.393. The van der Waals surface area contributed by atoms with Gasteiger partial charge >= 0.3 is 0 Å². The van der Waals surface area contributed by atoms with Crippen LogP contribution in [0.15, 0.2) is 36.4 Å². The van der Waals surface area contributed by atoms with E-state index in [4.69, 9.17) is 0 Å². The van der Waals surface area contributed by atoms with Gasteiger partial charge in [-0.2, -0.15) is 0 Å². The van der Waals surface area contributed by atoms with E-state index >= 15 is 0 Å². The van der Waals surface area contributed by atoms with Gasteiger partial charge in [0.25, 0.3) is 0 Å². The lowest BCUT2D eigenvalue weighted by Gasteiger charge is -2.05. The third-order valence-corrected chi connectivity index (χ3v) is 2.15. The molecule has 0 spiro atoms. The predicted octanol–water partition coefficient (Wildman–Crippen LogP) is 3.91. The standard InChI is InChI=1S/C12H6F4/c13-7-2-4-11(15)10(5-7)9-3-1-8(14)6-12(9)16/h1-6H. The fourth-order valence-electron chi connectivity index (χ4n) is 1.41. The molecule has 0 fully saturated rings. The second-order valence-electron chi connectivity index (χ2n) is 3.25. The van der Waals surface area contributed by atoms with Crippen LogP contribution in [-0.4, -0.2) is 0 Å². The van der Waals surface area contributed by atoms with E-state index in [2.05, 4.69) is 0 Å². The predicted molar refractivity (Wildman–Crippen MR) is 51.7 cm³/mol. The Balaban J connectivity index is 2.62. The third-order valence-electron chi connectivity index (χ3n) is 2.15. The fourth-order valence-corrected chi connectivity index (χ4v) is 1.41. The van der Waals surface area contributed by atoms with E-state index in [1.54, 1.807) is 0 Å². The van der Waals surface area contributed by atoms with Crippen molar-refractivity contribution in [3.05, 3.63) is 59.7 Å². The molecule has 2 aromatic carbocycles. The molecule has 0 N–H and O–H groups in total. The van der Waals surface area contributed by atoms with Crippen molar-refractivity contribution < 1.29 is 17.6 Å². The van der Waals surface area contributed by atoms with Crippen LogP contribution in [0.3, 0.4) is 0 Å². The maximum absolute atomic E-state index is 13.3. The van der Waals surface area contributed by atoms with Gasteiger partial charge in [0.15, 0.2) is 0 Å². The topological polar surface area (TPSA) is 0 Å². The zero-order valence-electron chi connectivity index (χ0n) is 7.98. The summed E-state index contributed by atoms with van der Waals surface area (Å²) in [6, 6.07) is 5.38. The number of rotatable bonds is 1. The molecule has 0 saturated heterocycles. The highest BCUT2D eigenvalue weighted by Gasteiger charge is 2.11. The van der Waals surface area contributed by atoms with Crippen molar-refractivity contribution in [3.8, 4) is 11.1 Å². The zero-order valence-corrected chi connectivity index (χ0v) is 7.98. The molecule has 0 saturated carbocycles. The normalized spacial score (nSPS) is 10.5. The van der Waals surface area contributed by atoms with E-state index in [0.717, 1.165) is 30.3 Å². The lowest BCUT2D eigenvalue weighted by molar-refractivity contribution is 0.580. The van der Waals surface area contributed by atoms with Gasteiger partial charge < -0.3 is 0 Å². The summed E-state index contributed by atoms with van der Waals surface area (Å²) in [6.07, 6.45) is 0. The van der Waals surface area contributed by atoms with E-state index in [9.17, 15) is 17.6 Å². The molecule has 0 aliphatic heterocycles. The molecule has 4 heteroatoms. The molecule has 0 radical (unpaired) electrons. The second-order valence-corrected chi connectivity index (χ2v) is 3.25. The van der Waals surface area contributed by atoms with E-state index in [1.807, 2.05) is 0 Å². The first-order chi connectivity index (χ1) is 7.58. The van der Waals surface area contributed by atoms with Crippen molar-refractivity contribution in [2.45, 2.75) is 0 Å². The average Bonchev–Trinajstić information content (AvgIpc) is 2.22. The highest BCUT2D eigenvalue weighted by Crippen LogP contribution is 2.26. The minimum absolute atomic E-state index is 0.168. The number of halogens is 4. The summed E-state index contributed by atoms with van der Waals surface area (Å²) in [5.74, 6) is -3.13. The van der Waals surface area contributed by atoms with Crippen LogP contribution < -0.4 is 0 Å². The van der Waals surface area contributed by atoms with Crippen molar-refractivity contribution in [2.24, 2.45) is 0 Å². The first-order valence-corrected chi connectivity index (χ1v) is 4.48. The van der Waals surface area contributed by atoms with Crippen LogP contribution in [0.2, 0.25) is 0 Å². The minimum Gasteiger partial charge on any atom is -0.207 e. The molecule has 2 rings (SSSR count). The van der Waals surface area contributed by atoms with Gasteiger partial charge in [-0.1, -0.05) is 0 Å². The Morgan fingerprint density at radius 2 is 1.19 bits per heavy atom. The molecule has 0 aromatic heterocycles. The molecular weight excluding hydrogens is 220 g/mol. The summed E-state index contributed by atoms with van der Waals surface area (Å²) in [4.78, 5) is 0. The van der Waals surface area contributed by atoms with Crippen molar-refractivity contribution in [1.29, 1.82) is 0 Å². The largest absolute Gasteiger partial charge is 0.207 e. The molecule has 0 bridgehead atoms. The van der Waals surface area contributed by atoms with Crippen LogP contribution in [-0.2, 0) is 0 Å². The van der Waals surface area contributed by atoms with E-state index in [1.165, 1.54) is 0 Å². The van der Waals surface area contributed by atoms with E-state index in [0.29, 0.717) is 6.07 Å². The monoisotopic (exact) mass is 226 g/mol. The van der Waals surface area contributed by atoms with E-state index < -0.39 is 23.3 Å². The molecule has 0 aliphatic carbocycles. The van der Waals surface area contributed by atoms with Crippen LogP contribution in [0.25, 0.3) is 11.1 Å².